The SMILES string of the molecule is CC(C)(C)CC(C)(C)NCc1cc2c(cc1O)OCO2. The van der Waals surface area contributed by atoms with Crippen LogP contribution in [-0.2, 0) is 6.54 Å². The third-order valence-electron chi connectivity index (χ3n) is 3.30. The lowest BCUT2D eigenvalue weighted by Gasteiger charge is -2.33. The van der Waals surface area contributed by atoms with Crippen molar-refractivity contribution in [3.8, 4) is 17.2 Å². The molecule has 0 saturated carbocycles. The maximum absolute atomic E-state index is 10.0. The Kier molecular flexibility index (Phi) is 3.87. The van der Waals surface area contributed by atoms with Gasteiger partial charge in [0.1, 0.15) is 5.75 Å². The van der Waals surface area contributed by atoms with Crippen molar-refractivity contribution >= 4 is 0 Å². The molecule has 0 fully saturated rings. The summed E-state index contributed by atoms with van der Waals surface area (Å²) in [5.74, 6) is 1.56. The van der Waals surface area contributed by atoms with Crippen molar-refractivity contribution < 1.29 is 14.6 Å². The molecular weight excluding hydrogens is 254 g/mol. The Balaban J connectivity index is 2.04. The normalized spacial score (nSPS) is 14.7. The monoisotopic (exact) mass is 279 g/mol. The van der Waals surface area contributed by atoms with E-state index in [0.29, 0.717) is 18.0 Å². The fraction of sp³-hybridized carbons (Fsp3) is 0.625. The van der Waals surface area contributed by atoms with E-state index in [2.05, 4.69) is 39.9 Å². The van der Waals surface area contributed by atoms with E-state index < -0.39 is 0 Å². The van der Waals surface area contributed by atoms with Gasteiger partial charge in [-0.25, -0.2) is 0 Å². The standard InChI is InChI=1S/C16H25NO3/c1-15(2,3)9-16(4,5)17-8-11-6-13-14(7-12(11)18)20-10-19-13/h6-7,17-18H,8-10H2,1-5H3. The highest BCUT2D eigenvalue weighted by Gasteiger charge is 2.25. The zero-order chi connectivity index (χ0) is 15.0. The summed E-state index contributed by atoms with van der Waals surface area (Å²) >= 11 is 0. The van der Waals surface area contributed by atoms with Crippen molar-refractivity contribution in [2.45, 2.75) is 53.1 Å². The largest absolute Gasteiger partial charge is 0.507 e. The zero-order valence-corrected chi connectivity index (χ0v) is 13.0. The molecule has 0 saturated heterocycles. The Morgan fingerprint density at radius 1 is 1.10 bits per heavy atom. The number of rotatable bonds is 4. The molecule has 0 radical (unpaired) electrons. The second kappa shape index (κ2) is 5.17. The minimum atomic E-state index is 0.00105. The molecule has 4 heteroatoms. The summed E-state index contributed by atoms with van der Waals surface area (Å²) in [5, 5.41) is 13.5. The van der Waals surface area contributed by atoms with Crippen molar-refractivity contribution in [2.75, 3.05) is 6.79 Å². The summed E-state index contributed by atoms with van der Waals surface area (Å²) in [5.41, 5.74) is 1.09. The van der Waals surface area contributed by atoms with Crippen LogP contribution >= 0.6 is 0 Å². The van der Waals surface area contributed by atoms with Gasteiger partial charge in [0.25, 0.3) is 0 Å². The van der Waals surface area contributed by atoms with E-state index in [4.69, 9.17) is 9.47 Å². The maximum atomic E-state index is 10.0. The number of nitrogens with one attached hydrogen (secondary N) is 1. The first-order chi connectivity index (χ1) is 9.16. The lowest BCUT2D eigenvalue weighted by atomic mass is 9.82. The van der Waals surface area contributed by atoms with Gasteiger partial charge in [0.05, 0.1) is 0 Å². The number of hydrogen-bond donors (Lipinski definition) is 2. The first-order valence-electron chi connectivity index (χ1n) is 7.03. The van der Waals surface area contributed by atoms with Gasteiger partial charge >= 0.3 is 0 Å². The van der Waals surface area contributed by atoms with Crippen molar-refractivity contribution in [1.82, 2.24) is 5.32 Å². The van der Waals surface area contributed by atoms with Gasteiger partial charge in [0.15, 0.2) is 11.5 Å². The van der Waals surface area contributed by atoms with E-state index in [-0.39, 0.29) is 23.5 Å². The van der Waals surface area contributed by atoms with E-state index in [1.165, 1.54) is 0 Å². The van der Waals surface area contributed by atoms with Crippen molar-refractivity contribution in [3.05, 3.63) is 17.7 Å². The van der Waals surface area contributed by atoms with Gasteiger partial charge in [-0.05, 0) is 31.7 Å². The average Bonchev–Trinajstić information content (AvgIpc) is 2.69. The van der Waals surface area contributed by atoms with Crippen LogP contribution in [0.1, 0.15) is 46.6 Å². The van der Waals surface area contributed by atoms with Crippen LogP contribution in [0, 0.1) is 5.41 Å². The molecule has 1 heterocycles. The van der Waals surface area contributed by atoms with E-state index >= 15 is 0 Å². The van der Waals surface area contributed by atoms with Crippen LogP contribution in [0.5, 0.6) is 17.2 Å². The number of hydrogen-bond acceptors (Lipinski definition) is 4. The maximum Gasteiger partial charge on any atom is 0.231 e. The van der Waals surface area contributed by atoms with Gasteiger partial charge < -0.3 is 19.9 Å². The van der Waals surface area contributed by atoms with Crippen LogP contribution in [0.2, 0.25) is 0 Å². The molecule has 0 aromatic heterocycles. The van der Waals surface area contributed by atoms with Crippen LogP contribution < -0.4 is 14.8 Å². The van der Waals surface area contributed by atoms with Crippen molar-refractivity contribution in [2.24, 2.45) is 5.41 Å². The first kappa shape index (κ1) is 15.0. The summed E-state index contributed by atoms with van der Waals surface area (Å²) in [4.78, 5) is 0. The summed E-state index contributed by atoms with van der Waals surface area (Å²) in [6, 6.07) is 3.47. The molecule has 112 valence electrons. The lowest BCUT2D eigenvalue weighted by molar-refractivity contribution is 0.174. The quantitative estimate of drug-likeness (QED) is 0.886. The summed E-state index contributed by atoms with van der Waals surface area (Å²) < 4.78 is 10.6. The molecule has 1 aromatic rings. The third-order valence-corrected chi connectivity index (χ3v) is 3.30. The minimum Gasteiger partial charge on any atom is -0.507 e. The Labute approximate surface area is 121 Å². The molecule has 2 rings (SSSR count). The number of phenolic OH excluding ortho intramolecular Hbond substituents is 1. The highest BCUT2D eigenvalue weighted by atomic mass is 16.7. The van der Waals surface area contributed by atoms with Crippen LogP contribution in [0.15, 0.2) is 12.1 Å². The average molecular weight is 279 g/mol. The van der Waals surface area contributed by atoms with Gasteiger partial charge in [-0.15, -0.1) is 0 Å². The number of aromatic hydroxyl groups is 1. The number of fused-ring (bicyclic) bond motifs is 1. The molecule has 0 spiro atoms. The van der Waals surface area contributed by atoms with Crippen molar-refractivity contribution in [3.63, 3.8) is 0 Å². The van der Waals surface area contributed by atoms with Gasteiger partial charge in [-0.1, -0.05) is 20.8 Å². The summed E-state index contributed by atoms with van der Waals surface area (Å²) in [6.45, 7) is 11.9. The Morgan fingerprint density at radius 2 is 1.70 bits per heavy atom. The van der Waals surface area contributed by atoms with Gasteiger partial charge in [-0.3, -0.25) is 0 Å². The molecule has 1 aromatic carbocycles. The predicted octanol–water partition coefficient (Wildman–Crippen LogP) is 3.43. The molecule has 0 bridgehead atoms. The Morgan fingerprint density at radius 3 is 2.30 bits per heavy atom. The molecule has 0 amide bonds. The predicted molar refractivity (Wildman–Crippen MR) is 79.2 cm³/mol. The molecule has 0 atom stereocenters. The summed E-state index contributed by atoms with van der Waals surface area (Å²) in [7, 11) is 0. The molecule has 2 N–H and O–H groups in total. The molecule has 1 aliphatic heterocycles. The highest BCUT2D eigenvalue weighted by Crippen LogP contribution is 2.37. The lowest BCUT2D eigenvalue weighted by Crippen LogP contribution is -2.41. The fourth-order valence-corrected chi connectivity index (χ4v) is 2.84. The van der Waals surface area contributed by atoms with Gasteiger partial charge in [0, 0.05) is 23.7 Å². The van der Waals surface area contributed by atoms with Crippen molar-refractivity contribution in [1.29, 1.82) is 0 Å². The fourth-order valence-electron chi connectivity index (χ4n) is 2.84. The highest BCUT2D eigenvalue weighted by molar-refractivity contribution is 5.51. The molecule has 4 nitrogen and oxygen atoms in total. The number of phenols is 1. The molecule has 0 aliphatic carbocycles. The Hall–Kier alpha value is -1.42. The van der Waals surface area contributed by atoms with Crippen LogP contribution in [-0.4, -0.2) is 17.4 Å². The second-order valence-corrected chi connectivity index (χ2v) is 7.31. The van der Waals surface area contributed by atoms with Gasteiger partial charge in [-0.2, -0.15) is 0 Å². The van der Waals surface area contributed by atoms with Crippen LogP contribution in [0.3, 0.4) is 0 Å². The second-order valence-electron chi connectivity index (χ2n) is 7.31. The summed E-state index contributed by atoms with van der Waals surface area (Å²) in [6.07, 6.45) is 1.05. The molecule has 1 aliphatic rings. The van der Waals surface area contributed by atoms with E-state index in [0.717, 1.165) is 12.0 Å². The molecular formula is C16H25NO3. The smallest absolute Gasteiger partial charge is 0.231 e. The minimum absolute atomic E-state index is 0.00105. The zero-order valence-electron chi connectivity index (χ0n) is 13.0. The Bertz CT molecular complexity index is 489. The third kappa shape index (κ3) is 3.79. The van der Waals surface area contributed by atoms with E-state index in [1.807, 2.05) is 6.07 Å². The van der Waals surface area contributed by atoms with E-state index in [9.17, 15) is 5.11 Å². The number of ether oxygens (including phenoxy) is 2. The van der Waals surface area contributed by atoms with Crippen LogP contribution in [0.4, 0.5) is 0 Å². The molecule has 0 unspecified atom stereocenters. The van der Waals surface area contributed by atoms with Crippen LogP contribution in [0.25, 0.3) is 0 Å². The number of benzene rings is 1. The first-order valence-corrected chi connectivity index (χ1v) is 7.03. The van der Waals surface area contributed by atoms with E-state index in [1.54, 1.807) is 6.07 Å². The van der Waals surface area contributed by atoms with Gasteiger partial charge in [0.2, 0.25) is 6.79 Å². The molecule has 20 heavy (non-hydrogen) atoms. The topological polar surface area (TPSA) is 50.7 Å².